The molecule has 1 rings (SSSR count). The number of carbonyl (C=O) groups is 4. The van der Waals surface area contributed by atoms with Crippen molar-refractivity contribution < 1.29 is 38.1 Å². The quantitative estimate of drug-likeness (QED) is 0.533. The molecule has 0 aliphatic carbocycles. The normalized spacial score (nSPS) is 29.3. The minimum atomic E-state index is -1.03. The second-order valence-electron chi connectivity index (χ2n) is 5.56. The maximum absolute atomic E-state index is 11.5. The molecule has 0 aromatic carbocycles. The summed E-state index contributed by atoms with van der Waals surface area (Å²) in [5.41, 5.74) is 0. The van der Waals surface area contributed by atoms with E-state index in [2.05, 4.69) is 5.32 Å². The molecular weight excluding hydrogens is 322 g/mol. The van der Waals surface area contributed by atoms with Crippen LogP contribution in [-0.4, -0.2) is 60.9 Å². The highest BCUT2D eigenvalue weighted by molar-refractivity contribution is 5.73. The van der Waals surface area contributed by atoms with Gasteiger partial charge in [-0.25, -0.2) is 0 Å². The van der Waals surface area contributed by atoms with Crippen LogP contribution in [0.2, 0.25) is 0 Å². The first-order chi connectivity index (χ1) is 11.1. The molecule has 1 N–H and O–H groups in total. The van der Waals surface area contributed by atoms with Crippen molar-refractivity contribution in [2.24, 2.45) is 0 Å². The third-order valence-electron chi connectivity index (χ3n) is 3.36. The fraction of sp³-hybridized carbons (Fsp3) is 0.733. The lowest BCUT2D eigenvalue weighted by Gasteiger charge is -2.44. The molecule has 1 heterocycles. The van der Waals surface area contributed by atoms with Gasteiger partial charge >= 0.3 is 17.9 Å². The third-order valence-corrected chi connectivity index (χ3v) is 3.36. The van der Waals surface area contributed by atoms with Crippen LogP contribution in [0.15, 0.2) is 0 Å². The number of nitrogens with one attached hydrogen (secondary N) is 1. The van der Waals surface area contributed by atoms with Gasteiger partial charge in [-0.05, 0) is 6.92 Å². The summed E-state index contributed by atoms with van der Waals surface area (Å²) in [6, 6.07) is -0.718. The van der Waals surface area contributed by atoms with Crippen molar-refractivity contribution in [3.05, 3.63) is 0 Å². The summed E-state index contributed by atoms with van der Waals surface area (Å²) >= 11 is 0. The summed E-state index contributed by atoms with van der Waals surface area (Å²) < 4.78 is 21.1. The molecule has 1 aliphatic rings. The van der Waals surface area contributed by atoms with Crippen molar-refractivity contribution in [3.8, 4) is 0 Å². The first-order valence-corrected chi connectivity index (χ1v) is 7.52. The zero-order valence-electron chi connectivity index (χ0n) is 14.4. The highest BCUT2D eigenvalue weighted by Crippen LogP contribution is 2.26. The summed E-state index contributed by atoms with van der Waals surface area (Å²) in [7, 11) is 0. The van der Waals surface area contributed by atoms with Crippen molar-refractivity contribution in [1.29, 1.82) is 0 Å². The monoisotopic (exact) mass is 345 g/mol. The van der Waals surface area contributed by atoms with Gasteiger partial charge in [0.1, 0.15) is 12.7 Å². The Morgan fingerprint density at radius 2 is 1.46 bits per heavy atom. The van der Waals surface area contributed by atoms with Crippen molar-refractivity contribution in [3.63, 3.8) is 0 Å². The van der Waals surface area contributed by atoms with E-state index in [9.17, 15) is 19.2 Å². The van der Waals surface area contributed by atoms with Crippen molar-refractivity contribution in [2.75, 3.05) is 6.61 Å². The number of carbonyl (C=O) groups excluding carboxylic acids is 4. The molecule has 9 nitrogen and oxygen atoms in total. The van der Waals surface area contributed by atoms with Gasteiger partial charge < -0.3 is 24.3 Å². The summed E-state index contributed by atoms with van der Waals surface area (Å²) in [5.74, 6) is -2.11. The molecule has 1 saturated heterocycles. The first-order valence-electron chi connectivity index (χ1n) is 7.52. The fourth-order valence-corrected chi connectivity index (χ4v) is 2.56. The van der Waals surface area contributed by atoms with Gasteiger partial charge in [0, 0.05) is 27.7 Å². The standard InChI is InChI=1S/C15H23NO8/c1-7-13(16-8(2)17)15(24-11(5)20)14(23-10(4)19)12(22-7)6-21-9(3)18/h7,12-15H,6H2,1-5H3,(H,16,17)/t7-,12+,13+,14+,15+/m0/s1. The van der Waals surface area contributed by atoms with Crippen LogP contribution in [0.3, 0.4) is 0 Å². The molecule has 0 spiro atoms. The summed E-state index contributed by atoms with van der Waals surface area (Å²) in [5, 5.41) is 2.64. The molecule has 1 aliphatic heterocycles. The van der Waals surface area contributed by atoms with E-state index in [0.717, 1.165) is 0 Å². The average molecular weight is 345 g/mol. The molecule has 5 atom stereocenters. The molecule has 0 unspecified atom stereocenters. The molecule has 1 fully saturated rings. The average Bonchev–Trinajstić information content (AvgIpc) is 2.42. The van der Waals surface area contributed by atoms with Gasteiger partial charge in [0.15, 0.2) is 12.2 Å². The lowest BCUT2D eigenvalue weighted by atomic mass is 9.92. The molecule has 136 valence electrons. The van der Waals surface area contributed by atoms with Gasteiger partial charge in [-0.3, -0.25) is 19.2 Å². The number of rotatable bonds is 5. The SMILES string of the molecule is CC(=O)N[C@H]1[C@@H](OC(C)=O)[C@H](OC(C)=O)[C@@H](COC(C)=O)O[C@H]1C. The van der Waals surface area contributed by atoms with E-state index in [1.807, 2.05) is 0 Å². The smallest absolute Gasteiger partial charge is 0.303 e. The summed E-state index contributed by atoms with van der Waals surface area (Å²) in [6.45, 7) is 6.43. The summed E-state index contributed by atoms with van der Waals surface area (Å²) in [4.78, 5) is 45.3. The number of hydrogen-bond acceptors (Lipinski definition) is 8. The van der Waals surface area contributed by atoms with Crippen LogP contribution >= 0.6 is 0 Å². The Kier molecular flexibility index (Phi) is 7.15. The van der Waals surface area contributed by atoms with Gasteiger partial charge in [0.05, 0.1) is 12.1 Å². The highest BCUT2D eigenvalue weighted by Gasteiger charge is 2.49. The Morgan fingerprint density at radius 1 is 0.917 bits per heavy atom. The highest BCUT2D eigenvalue weighted by atomic mass is 16.6. The molecule has 0 saturated carbocycles. The Balaban J connectivity index is 3.11. The van der Waals surface area contributed by atoms with Crippen molar-refractivity contribution in [2.45, 2.75) is 65.1 Å². The van der Waals surface area contributed by atoms with Crippen LogP contribution in [0.4, 0.5) is 0 Å². The van der Waals surface area contributed by atoms with Crippen LogP contribution in [0, 0.1) is 0 Å². The Hall–Kier alpha value is -2.16. The Bertz CT molecular complexity index is 506. The van der Waals surface area contributed by atoms with Crippen molar-refractivity contribution >= 4 is 23.8 Å². The van der Waals surface area contributed by atoms with Crippen LogP contribution in [-0.2, 0) is 38.1 Å². The second-order valence-corrected chi connectivity index (χ2v) is 5.56. The molecule has 24 heavy (non-hydrogen) atoms. The maximum atomic E-state index is 11.5. The minimum absolute atomic E-state index is 0.178. The number of esters is 3. The number of amides is 1. The van der Waals surface area contributed by atoms with E-state index in [4.69, 9.17) is 18.9 Å². The van der Waals surface area contributed by atoms with Gasteiger partial charge in [-0.1, -0.05) is 0 Å². The molecule has 0 aromatic heterocycles. The van der Waals surface area contributed by atoms with Gasteiger partial charge in [0.25, 0.3) is 0 Å². The van der Waals surface area contributed by atoms with Crippen LogP contribution < -0.4 is 5.32 Å². The zero-order chi connectivity index (χ0) is 18.4. The largest absolute Gasteiger partial charge is 0.463 e. The second kappa shape index (κ2) is 8.62. The van der Waals surface area contributed by atoms with E-state index >= 15 is 0 Å². The zero-order valence-corrected chi connectivity index (χ0v) is 14.4. The fourth-order valence-electron chi connectivity index (χ4n) is 2.56. The minimum Gasteiger partial charge on any atom is -0.463 e. The number of hydrogen-bond donors (Lipinski definition) is 1. The van der Waals surface area contributed by atoms with Crippen LogP contribution in [0.25, 0.3) is 0 Å². The molecule has 0 bridgehead atoms. The first kappa shape index (κ1) is 19.9. The Labute approximate surface area is 139 Å². The molecule has 0 aromatic rings. The molecule has 1 amide bonds. The van der Waals surface area contributed by atoms with Gasteiger partial charge in [0.2, 0.25) is 5.91 Å². The third kappa shape index (κ3) is 5.80. The number of ether oxygens (including phenoxy) is 4. The van der Waals surface area contributed by atoms with Crippen LogP contribution in [0.1, 0.15) is 34.6 Å². The lowest BCUT2D eigenvalue weighted by Crippen LogP contribution is -2.65. The predicted molar refractivity (Wildman–Crippen MR) is 79.7 cm³/mol. The van der Waals surface area contributed by atoms with Crippen molar-refractivity contribution in [1.82, 2.24) is 5.32 Å². The Morgan fingerprint density at radius 3 is 1.92 bits per heavy atom. The summed E-state index contributed by atoms with van der Waals surface area (Å²) in [6.07, 6.45) is -3.40. The van der Waals surface area contributed by atoms with Gasteiger partial charge in [-0.2, -0.15) is 0 Å². The molecule has 0 radical (unpaired) electrons. The lowest BCUT2D eigenvalue weighted by molar-refractivity contribution is -0.221. The maximum Gasteiger partial charge on any atom is 0.303 e. The molecule has 9 heteroatoms. The van der Waals surface area contributed by atoms with E-state index in [0.29, 0.717) is 0 Å². The van der Waals surface area contributed by atoms with Gasteiger partial charge in [-0.15, -0.1) is 0 Å². The van der Waals surface area contributed by atoms with Crippen LogP contribution in [0.5, 0.6) is 0 Å². The van der Waals surface area contributed by atoms with E-state index in [1.54, 1.807) is 6.92 Å². The van der Waals surface area contributed by atoms with E-state index in [1.165, 1.54) is 27.7 Å². The topological polar surface area (TPSA) is 117 Å². The van der Waals surface area contributed by atoms with E-state index < -0.39 is 48.4 Å². The van der Waals surface area contributed by atoms with E-state index in [-0.39, 0.29) is 12.5 Å². The molecular formula is C15H23NO8. The predicted octanol–water partition coefficient (Wildman–Crippen LogP) is -0.295.